The standard InChI is InChI=1S/C20H23NO5S/c1-11(22)26-12-6-15-13-7-16-17(25-10-24-16)8-14(13)18(27-2)19(23)21-5-3-4-20(15,21)9-12/h7-8,12,15,18H,3-6,9-10H2,1-2H3/t12-,15-,18?,20-/m0/s1. The molecule has 6 nitrogen and oxygen atoms in total. The largest absolute Gasteiger partial charge is 0.462 e. The second-order valence-corrected chi connectivity index (χ2v) is 8.81. The van der Waals surface area contributed by atoms with Crippen molar-refractivity contribution in [1.29, 1.82) is 0 Å². The fraction of sp³-hybridized carbons (Fsp3) is 0.600. The summed E-state index contributed by atoms with van der Waals surface area (Å²) in [5, 5.41) is -0.234. The number of hydrogen-bond donors (Lipinski definition) is 0. The van der Waals surface area contributed by atoms with Crippen LogP contribution in [0.4, 0.5) is 0 Å². The average Bonchev–Trinajstić information content (AvgIpc) is 3.32. The Hall–Kier alpha value is -1.89. The van der Waals surface area contributed by atoms with E-state index >= 15 is 0 Å². The number of rotatable bonds is 2. The fourth-order valence-corrected chi connectivity index (χ4v) is 6.44. The van der Waals surface area contributed by atoms with Crippen LogP contribution in [0.2, 0.25) is 0 Å². The minimum atomic E-state index is -0.260. The van der Waals surface area contributed by atoms with Gasteiger partial charge in [0, 0.05) is 25.8 Å². The third kappa shape index (κ3) is 2.40. The van der Waals surface area contributed by atoms with Gasteiger partial charge in [0.05, 0.1) is 5.54 Å². The first-order valence-corrected chi connectivity index (χ1v) is 10.8. The molecular weight excluding hydrogens is 366 g/mol. The van der Waals surface area contributed by atoms with Crippen molar-refractivity contribution in [3.05, 3.63) is 23.3 Å². The molecule has 3 aliphatic heterocycles. The number of fused-ring (bicyclic) bond motifs is 3. The first kappa shape index (κ1) is 17.2. The third-order valence-electron chi connectivity index (χ3n) is 6.55. The number of esters is 1. The van der Waals surface area contributed by atoms with Gasteiger partial charge in [-0.15, -0.1) is 11.8 Å². The number of nitrogens with zero attached hydrogens (tertiary/aromatic N) is 1. The van der Waals surface area contributed by atoms with Gasteiger partial charge in [-0.25, -0.2) is 0 Å². The van der Waals surface area contributed by atoms with E-state index in [2.05, 4.69) is 11.0 Å². The predicted molar refractivity (Wildman–Crippen MR) is 100 cm³/mol. The van der Waals surface area contributed by atoms with Crippen LogP contribution in [0.3, 0.4) is 0 Å². The molecule has 5 rings (SSSR count). The smallest absolute Gasteiger partial charge is 0.302 e. The zero-order valence-corrected chi connectivity index (χ0v) is 16.3. The summed E-state index contributed by atoms with van der Waals surface area (Å²) in [6.07, 6.45) is 5.26. The van der Waals surface area contributed by atoms with E-state index in [1.54, 1.807) is 11.8 Å². The number of thioether (sulfide) groups is 1. The van der Waals surface area contributed by atoms with Gasteiger partial charge in [-0.05, 0) is 48.8 Å². The number of carbonyl (C=O) groups excluding carboxylic acids is 2. The molecule has 4 aliphatic rings. The van der Waals surface area contributed by atoms with E-state index in [4.69, 9.17) is 14.2 Å². The summed E-state index contributed by atoms with van der Waals surface area (Å²) in [4.78, 5) is 27.2. The number of carbonyl (C=O) groups is 2. The van der Waals surface area contributed by atoms with Gasteiger partial charge in [0.25, 0.3) is 0 Å². The van der Waals surface area contributed by atoms with E-state index in [1.807, 2.05) is 12.3 Å². The molecule has 1 aliphatic carbocycles. The van der Waals surface area contributed by atoms with Crippen LogP contribution >= 0.6 is 11.8 Å². The van der Waals surface area contributed by atoms with Gasteiger partial charge in [0.15, 0.2) is 11.5 Å². The summed E-state index contributed by atoms with van der Waals surface area (Å²) in [5.74, 6) is 1.53. The lowest BCUT2D eigenvalue weighted by molar-refractivity contribution is -0.146. The van der Waals surface area contributed by atoms with Gasteiger partial charge in [-0.3, -0.25) is 9.59 Å². The van der Waals surface area contributed by atoms with Crippen molar-refractivity contribution in [2.45, 2.75) is 55.4 Å². The van der Waals surface area contributed by atoms with Crippen LogP contribution in [-0.4, -0.2) is 48.0 Å². The Balaban J connectivity index is 1.68. The number of ether oxygens (including phenoxy) is 3. The highest BCUT2D eigenvalue weighted by molar-refractivity contribution is 7.99. The second-order valence-electron chi connectivity index (χ2n) is 7.87. The Morgan fingerprint density at radius 1 is 1.30 bits per heavy atom. The van der Waals surface area contributed by atoms with Crippen molar-refractivity contribution in [3.63, 3.8) is 0 Å². The molecule has 1 amide bonds. The highest BCUT2D eigenvalue weighted by Gasteiger charge is 2.59. The van der Waals surface area contributed by atoms with Gasteiger partial charge in [0.2, 0.25) is 12.7 Å². The summed E-state index contributed by atoms with van der Waals surface area (Å²) >= 11 is 1.58. The summed E-state index contributed by atoms with van der Waals surface area (Å²) in [7, 11) is 0. The number of benzene rings is 1. The summed E-state index contributed by atoms with van der Waals surface area (Å²) in [6.45, 7) is 2.45. The zero-order valence-electron chi connectivity index (χ0n) is 15.5. The summed E-state index contributed by atoms with van der Waals surface area (Å²) in [6, 6.07) is 4.06. The molecule has 0 radical (unpaired) electrons. The van der Waals surface area contributed by atoms with E-state index < -0.39 is 0 Å². The van der Waals surface area contributed by atoms with Crippen LogP contribution in [0.5, 0.6) is 11.5 Å². The molecule has 0 N–H and O–H groups in total. The van der Waals surface area contributed by atoms with Gasteiger partial charge in [-0.2, -0.15) is 0 Å². The van der Waals surface area contributed by atoms with Crippen molar-refractivity contribution in [3.8, 4) is 11.5 Å². The lowest BCUT2D eigenvalue weighted by Crippen LogP contribution is -2.48. The van der Waals surface area contributed by atoms with Gasteiger partial charge in [-0.1, -0.05) is 0 Å². The molecule has 0 bridgehead atoms. The van der Waals surface area contributed by atoms with Crippen molar-refractivity contribution < 1.29 is 23.8 Å². The Morgan fingerprint density at radius 3 is 2.74 bits per heavy atom. The monoisotopic (exact) mass is 389 g/mol. The van der Waals surface area contributed by atoms with Crippen LogP contribution < -0.4 is 9.47 Å². The fourth-order valence-electron chi connectivity index (χ4n) is 5.65. The highest BCUT2D eigenvalue weighted by atomic mass is 32.2. The zero-order chi connectivity index (χ0) is 18.8. The number of hydrogen-bond acceptors (Lipinski definition) is 6. The Bertz CT molecular complexity index is 827. The summed E-state index contributed by atoms with van der Waals surface area (Å²) < 4.78 is 16.8. The third-order valence-corrected chi connectivity index (χ3v) is 7.48. The molecule has 2 fully saturated rings. The lowest BCUT2D eigenvalue weighted by atomic mass is 9.79. The van der Waals surface area contributed by atoms with Crippen LogP contribution in [0.25, 0.3) is 0 Å². The highest BCUT2D eigenvalue weighted by Crippen LogP contribution is 2.59. The maximum atomic E-state index is 13.5. The van der Waals surface area contributed by atoms with Crippen LogP contribution in [0, 0.1) is 0 Å². The van der Waals surface area contributed by atoms with Crippen LogP contribution in [0.15, 0.2) is 12.1 Å². The van der Waals surface area contributed by atoms with Crippen LogP contribution in [-0.2, 0) is 14.3 Å². The van der Waals surface area contributed by atoms with E-state index in [-0.39, 0.29) is 41.5 Å². The Labute approximate surface area is 162 Å². The van der Waals surface area contributed by atoms with Crippen molar-refractivity contribution in [2.75, 3.05) is 19.6 Å². The maximum absolute atomic E-state index is 13.5. The number of amides is 1. The van der Waals surface area contributed by atoms with Crippen LogP contribution in [0.1, 0.15) is 54.9 Å². The Morgan fingerprint density at radius 2 is 2.04 bits per heavy atom. The summed E-state index contributed by atoms with van der Waals surface area (Å²) in [5.41, 5.74) is 1.93. The molecule has 1 spiro atoms. The molecule has 1 aromatic carbocycles. The first-order valence-electron chi connectivity index (χ1n) is 9.48. The molecule has 7 heteroatoms. The minimum Gasteiger partial charge on any atom is -0.462 e. The molecule has 0 aromatic heterocycles. The molecule has 144 valence electrons. The average molecular weight is 389 g/mol. The lowest BCUT2D eigenvalue weighted by Gasteiger charge is -2.39. The molecule has 27 heavy (non-hydrogen) atoms. The molecule has 1 saturated carbocycles. The molecular formula is C20H23NO5S. The van der Waals surface area contributed by atoms with E-state index in [9.17, 15) is 9.59 Å². The van der Waals surface area contributed by atoms with Crippen molar-refractivity contribution >= 4 is 23.6 Å². The quantitative estimate of drug-likeness (QED) is 0.725. The maximum Gasteiger partial charge on any atom is 0.302 e. The topological polar surface area (TPSA) is 65.1 Å². The molecule has 1 unspecified atom stereocenters. The first-order chi connectivity index (χ1) is 13.0. The van der Waals surface area contributed by atoms with Crippen molar-refractivity contribution in [2.24, 2.45) is 0 Å². The predicted octanol–water partition coefficient (Wildman–Crippen LogP) is 3.00. The molecule has 1 aromatic rings. The van der Waals surface area contributed by atoms with Gasteiger partial charge < -0.3 is 19.1 Å². The molecule has 1 saturated heterocycles. The second kappa shape index (κ2) is 6.06. The van der Waals surface area contributed by atoms with E-state index in [1.165, 1.54) is 6.92 Å². The van der Waals surface area contributed by atoms with E-state index in [0.717, 1.165) is 49.1 Å². The minimum absolute atomic E-state index is 0.148. The van der Waals surface area contributed by atoms with E-state index in [0.29, 0.717) is 5.75 Å². The molecule has 3 heterocycles. The molecule has 4 atom stereocenters. The van der Waals surface area contributed by atoms with Gasteiger partial charge in [0.1, 0.15) is 11.4 Å². The van der Waals surface area contributed by atoms with Crippen molar-refractivity contribution in [1.82, 2.24) is 4.90 Å². The van der Waals surface area contributed by atoms with Gasteiger partial charge >= 0.3 is 5.97 Å². The normalized spacial score (nSPS) is 33.3. The SMILES string of the molecule is CSC1C(=O)N2CCC[C@@]23C[C@@H](OC(C)=O)C[C@H]3c2cc3c(cc21)OCO3. The Kier molecular flexibility index (Phi) is 3.86.